The van der Waals surface area contributed by atoms with Crippen LogP contribution in [0.25, 0.3) is 0 Å². The van der Waals surface area contributed by atoms with E-state index in [2.05, 4.69) is 41.2 Å². The number of rotatable bonds is 8. The van der Waals surface area contributed by atoms with Gasteiger partial charge in [0.25, 0.3) is 0 Å². The molecule has 0 rings (SSSR count). The highest BCUT2D eigenvalue weighted by Gasteiger charge is 2.22. The van der Waals surface area contributed by atoms with Gasteiger partial charge in [0.1, 0.15) is 6.04 Å². The van der Waals surface area contributed by atoms with E-state index in [4.69, 9.17) is 0 Å². The van der Waals surface area contributed by atoms with Gasteiger partial charge in [-0.05, 0) is 13.5 Å². The van der Waals surface area contributed by atoms with E-state index in [0.29, 0.717) is 18.8 Å². The molecule has 0 radical (unpaired) electrons. The average Bonchev–Trinajstić information content (AvgIpc) is 2.32. The average molecular weight is 279 g/mol. The van der Waals surface area contributed by atoms with Crippen LogP contribution in [-0.2, 0) is 9.59 Å². The molecular weight excluding hydrogens is 258 g/mol. The summed E-state index contributed by atoms with van der Waals surface area (Å²) in [6, 6.07) is -0.994. The third-order valence-corrected chi connectivity index (χ3v) is 2.85. The molecule has 0 saturated carbocycles. The van der Waals surface area contributed by atoms with Crippen molar-refractivity contribution in [2.75, 3.05) is 24.6 Å². The number of thiol groups is 2. The minimum atomic E-state index is -0.605. The lowest BCUT2D eigenvalue weighted by Gasteiger charge is -2.20. The minimum absolute atomic E-state index is 0.217. The summed E-state index contributed by atoms with van der Waals surface area (Å²) in [5.41, 5.74) is 0. The van der Waals surface area contributed by atoms with Gasteiger partial charge in [-0.1, -0.05) is 6.92 Å². The van der Waals surface area contributed by atoms with Crippen molar-refractivity contribution in [2.24, 2.45) is 0 Å². The Kier molecular flexibility index (Phi) is 9.39. The third kappa shape index (κ3) is 6.18. The molecule has 17 heavy (non-hydrogen) atoms. The summed E-state index contributed by atoms with van der Waals surface area (Å²) in [5, 5.41) is 8.28. The van der Waals surface area contributed by atoms with Gasteiger partial charge in [-0.15, -0.1) is 0 Å². The summed E-state index contributed by atoms with van der Waals surface area (Å²) in [4.78, 5) is 23.4. The van der Waals surface area contributed by atoms with E-state index in [1.165, 1.54) is 0 Å². The second-order valence-corrected chi connectivity index (χ2v) is 4.16. The Labute approximate surface area is 113 Å². The fraction of sp³-hybridized carbons (Fsp3) is 0.800. The second kappa shape index (κ2) is 9.61. The van der Waals surface area contributed by atoms with E-state index in [1.54, 1.807) is 0 Å². The predicted molar refractivity (Wildman–Crippen MR) is 75.8 cm³/mol. The summed E-state index contributed by atoms with van der Waals surface area (Å²) in [6.45, 7) is 4.93. The maximum Gasteiger partial charge on any atom is 0.243 e. The zero-order valence-corrected chi connectivity index (χ0v) is 12.0. The van der Waals surface area contributed by atoms with Crippen molar-refractivity contribution in [2.45, 2.75) is 25.9 Å². The lowest BCUT2D eigenvalue weighted by Crippen LogP contribution is -2.54. The van der Waals surface area contributed by atoms with Crippen LogP contribution in [0.15, 0.2) is 0 Å². The van der Waals surface area contributed by atoms with E-state index in [1.807, 2.05) is 13.8 Å². The first-order chi connectivity index (χ1) is 8.10. The van der Waals surface area contributed by atoms with E-state index >= 15 is 0 Å². The molecule has 0 aliphatic rings. The predicted octanol–water partition coefficient (Wildman–Crippen LogP) is -0.555. The summed E-state index contributed by atoms with van der Waals surface area (Å²) in [5.74, 6) is 0.203. The van der Waals surface area contributed by atoms with Gasteiger partial charge < -0.3 is 16.0 Å². The molecule has 0 aliphatic carbocycles. The number of amides is 2. The van der Waals surface area contributed by atoms with Crippen molar-refractivity contribution >= 4 is 37.1 Å². The summed E-state index contributed by atoms with van der Waals surface area (Å²) in [7, 11) is 0. The largest absolute Gasteiger partial charge is 0.355 e. The van der Waals surface area contributed by atoms with Crippen molar-refractivity contribution in [3.05, 3.63) is 0 Å². The molecule has 2 atom stereocenters. The molecule has 5 nitrogen and oxygen atoms in total. The Morgan fingerprint density at radius 2 is 1.59 bits per heavy atom. The van der Waals surface area contributed by atoms with Crippen LogP contribution in [0.2, 0.25) is 0 Å². The molecule has 0 saturated heterocycles. The molecule has 0 fully saturated rings. The maximum atomic E-state index is 11.8. The monoisotopic (exact) mass is 279 g/mol. The Bertz CT molecular complexity index is 252. The number of nitrogens with one attached hydrogen (secondary N) is 3. The Morgan fingerprint density at radius 3 is 2.00 bits per heavy atom. The van der Waals surface area contributed by atoms with Crippen molar-refractivity contribution in [3.63, 3.8) is 0 Å². The first-order valence-corrected chi connectivity index (χ1v) is 6.90. The van der Waals surface area contributed by atoms with Crippen LogP contribution in [-0.4, -0.2) is 48.5 Å². The SMILES string of the molecule is CCNC(=O)[C@H](CS)NC(=O)[C@@H](CS)NCC. The van der Waals surface area contributed by atoms with Gasteiger partial charge in [-0.2, -0.15) is 25.3 Å². The Hall–Kier alpha value is -0.400. The molecular formula is C10H21N3O2S2. The quantitative estimate of drug-likeness (QED) is 0.387. The topological polar surface area (TPSA) is 70.2 Å². The molecule has 0 unspecified atom stereocenters. The molecule has 0 aliphatic heterocycles. The van der Waals surface area contributed by atoms with Gasteiger partial charge in [0.2, 0.25) is 11.8 Å². The molecule has 100 valence electrons. The molecule has 0 spiro atoms. The molecule has 0 heterocycles. The highest BCUT2D eigenvalue weighted by atomic mass is 32.1. The minimum Gasteiger partial charge on any atom is -0.355 e. The van der Waals surface area contributed by atoms with E-state index < -0.39 is 6.04 Å². The van der Waals surface area contributed by atoms with Crippen molar-refractivity contribution in [1.29, 1.82) is 0 Å². The molecule has 0 bridgehead atoms. The standard InChI is InChI=1S/C10H21N3O2S2/c1-3-11-7(5-16)10(15)13-8(6-17)9(14)12-4-2/h7-8,11,16-17H,3-6H2,1-2H3,(H,12,14)(H,13,15)/t7-,8+/m1/s1. The Balaban J connectivity index is 4.35. The lowest BCUT2D eigenvalue weighted by molar-refractivity contribution is -0.129. The normalized spacial score (nSPS) is 13.9. The first-order valence-electron chi connectivity index (χ1n) is 5.63. The van der Waals surface area contributed by atoms with Crippen molar-refractivity contribution < 1.29 is 9.59 Å². The zero-order valence-electron chi connectivity index (χ0n) is 10.2. The van der Waals surface area contributed by atoms with Crippen LogP contribution in [0, 0.1) is 0 Å². The smallest absolute Gasteiger partial charge is 0.243 e. The second-order valence-electron chi connectivity index (χ2n) is 3.43. The highest BCUT2D eigenvalue weighted by molar-refractivity contribution is 7.80. The summed E-state index contributed by atoms with van der Waals surface area (Å²) >= 11 is 8.15. The number of carbonyl (C=O) groups is 2. The van der Waals surface area contributed by atoms with Crippen LogP contribution >= 0.6 is 25.3 Å². The van der Waals surface area contributed by atoms with Crippen LogP contribution < -0.4 is 16.0 Å². The van der Waals surface area contributed by atoms with Crippen molar-refractivity contribution in [3.8, 4) is 0 Å². The molecule has 0 aromatic heterocycles. The molecule has 7 heteroatoms. The van der Waals surface area contributed by atoms with Crippen molar-refractivity contribution in [1.82, 2.24) is 16.0 Å². The molecule has 0 aromatic carbocycles. The van der Waals surface area contributed by atoms with E-state index in [9.17, 15) is 9.59 Å². The maximum absolute atomic E-state index is 11.8. The molecule has 3 N–H and O–H groups in total. The fourth-order valence-corrected chi connectivity index (χ4v) is 1.80. The van der Waals surface area contributed by atoms with Crippen LogP contribution in [0.3, 0.4) is 0 Å². The third-order valence-electron chi connectivity index (χ3n) is 2.12. The number of hydrogen-bond acceptors (Lipinski definition) is 5. The summed E-state index contributed by atoms with van der Waals surface area (Å²) in [6.07, 6.45) is 0. The zero-order chi connectivity index (χ0) is 13.3. The van der Waals surface area contributed by atoms with Gasteiger partial charge >= 0.3 is 0 Å². The highest BCUT2D eigenvalue weighted by Crippen LogP contribution is 1.93. The fourth-order valence-electron chi connectivity index (χ4n) is 1.25. The number of carbonyl (C=O) groups excluding carboxylic acids is 2. The van der Waals surface area contributed by atoms with Gasteiger partial charge in [0.05, 0.1) is 6.04 Å². The summed E-state index contributed by atoms with van der Waals surface area (Å²) < 4.78 is 0. The number of likely N-dealkylation sites (N-methyl/N-ethyl adjacent to an activating group) is 2. The Morgan fingerprint density at radius 1 is 1.00 bits per heavy atom. The van der Waals surface area contributed by atoms with E-state index in [-0.39, 0.29) is 23.6 Å². The van der Waals surface area contributed by atoms with Gasteiger partial charge in [0, 0.05) is 18.1 Å². The van der Waals surface area contributed by atoms with Crippen LogP contribution in [0.4, 0.5) is 0 Å². The van der Waals surface area contributed by atoms with Gasteiger partial charge in [-0.25, -0.2) is 0 Å². The molecule has 0 aromatic rings. The van der Waals surface area contributed by atoms with Crippen LogP contribution in [0.5, 0.6) is 0 Å². The van der Waals surface area contributed by atoms with Gasteiger partial charge in [-0.3, -0.25) is 9.59 Å². The van der Waals surface area contributed by atoms with E-state index in [0.717, 1.165) is 0 Å². The van der Waals surface area contributed by atoms with Gasteiger partial charge in [0.15, 0.2) is 0 Å². The number of hydrogen-bond donors (Lipinski definition) is 5. The first kappa shape index (κ1) is 16.6. The lowest BCUT2D eigenvalue weighted by atomic mass is 10.2. The molecule has 2 amide bonds. The van der Waals surface area contributed by atoms with Crippen LogP contribution in [0.1, 0.15) is 13.8 Å².